The van der Waals surface area contributed by atoms with Crippen molar-refractivity contribution in [3.8, 4) is 0 Å². The van der Waals surface area contributed by atoms with E-state index in [4.69, 9.17) is 15.3 Å². The molecule has 0 spiro atoms. The Bertz CT molecular complexity index is 128. The zero-order valence-electron chi connectivity index (χ0n) is 4.73. The molecule has 0 amide bonds. The van der Waals surface area contributed by atoms with Gasteiger partial charge in [0.15, 0.2) is 0 Å². The lowest BCUT2D eigenvalue weighted by molar-refractivity contribution is -0.464. The number of halogens is 5. The molecule has 0 aliphatic heterocycles. The Hall–Kier alpha value is -0.470. The van der Waals surface area contributed by atoms with Crippen molar-refractivity contribution in [1.82, 2.24) is 0 Å². The quantitative estimate of drug-likeness (QED) is 0.389. The molecule has 0 aromatic carbocycles. The van der Waals surface area contributed by atoms with Crippen LogP contribution >= 0.6 is 0 Å². The van der Waals surface area contributed by atoms with Crippen LogP contribution < -0.4 is 0 Å². The fraction of sp³-hybridized carbons (Fsp3) is 1.00. The molecule has 11 heavy (non-hydrogen) atoms. The smallest absolute Gasteiger partial charge is 0.352 e. The fourth-order valence-corrected chi connectivity index (χ4v) is 0.171. The monoisotopic (exact) mass is 182 g/mol. The lowest BCUT2D eigenvalue weighted by atomic mass is 10.2. The average molecular weight is 182 g/mol. The summed E-state index contributed by atoms with van der Waals surface area (Å²) in [6, 6.07) is 0. The minimum Gasteiger partial charge on any atom is -0.352 e. The Labute approximate surface area is 56.7 Å². The van der Waals surface area contributed by atoms with Crippen LogP contribution in [-0.2, 0) is 0 Å². The third-order valence-electron chi connectivity index (χ3n) is 0.815. The SMILES string of the molecule is OC(F)(F)C(O)(O)C(F)(F)F. The number of hydrogen-bond acceptors (Lipinski definition) is 3. The highest BCUT2D eigenvalue weighted by molar-refractivity contribution is 4.81. The Kier molecular flexibility index (Phi) is 2.16. The van der Waals surface area contributed by atoms with Gasteiger partial charge in [-0.25, -0.2) is 0 Å². The summed E-state index contributed by atoms with van der Waals surface area (Å²) in [5.41, 5.74) is 0. The van der Waals surface area contributed by atoms with E-state index < -0.39 is 18.1 Å². The van der Waals surface area contributed by atoms with Crippen molar-refractivity contribution < 1.29 is 37.3 Å². The minimum atomic E-state index is -6.01. The number of rotatable bonds is 1. The van der Waals surface area contributed by atoms with Gasteiger partial charge in [-0.2, -0.15) is 22.0 Å². The number of aliphatic hydroxyl groups is 3. The molecule has 0 fully saturated rings. The van der Waals surface area contributed by atoms with Gasteiger partial charge in [-0.3, -0.25) is 0 Å². The van der Waals surface area contributed by atoms with Crippen LogP contribution in [0.3, 0.4) is 0 Å². The first-order valence-corrected chi connectivity index (χ1v) is 2.12. The van der Waals surface area contributed by atoms with Gasteiger partial charge in [0, 0.05) is 0 Å². The van der Waals surface area contributed by atoms with Crippen LogP contribution in [0.1, 0.15) is 0 Å². The van der Waals surface area contributed by atoms with E-state index in [0.29, 0.717) is 0 Å². The maximum Gasteiger partial charge on any atom is 0.452 e. The molecule has 0 aromatic rings. The second-order valence-corrected chi connectivity index (χ2v) is 1.71. The minimum absolute atomic E-state index is 5.40. The maximum absolute atomic E-state index is 11.3. The topological polar surface area (TPSA) is 60.7 Å². The highest BCUT2D eigenvalue weighted by Crippen LogP contribution is 2.37. The van der Waals surface area contributed by atoms with E-state index in [1.165, 1.54) is 0 Å². The van der Waals surface area contributed by atoms with Gasteiger partial charge in [-0.05, 0) is 0 Å². The summed E-state index contributed by atoms with van der Waals surface area (Å²) in [5, 5.41) is 22.6. The molecule has 0 aliphatic carbocycles. The van der Waals surface area contributed by atoms with Crippen LogP contribution in [0.4, 0.5) is 22.0 Å². The second kappa shape index (κ2) is 2.26. The molecule has 68 valence electrons. The Morgan fingerprint density at radius 1 is 0.727 bits per heavy atom. The summed E-state index contributed by atoms with van der Waals surface area (Å²) < 4.78 is 56.2. The van der Waals surface area contributed by atoms with Gasteiger partial charge in [0.1, 0.15) is 0 Å². The van der Waals surface area contributed by atoms with Gasteiger partial charge in [0.2, 0.25) is 0 Å². The summed E-state index contributed by atoms with van der Waals surface area (Å²) in [5.74, 6) is -5.40. The normalized spacial score (nSPS) is 15.3. The van der Waals surface area contributed by atoms with Gasteiger partial charge in [0.25, 0.3) is 0 Å². The first kappa shape index (κ1) is 10.5. The van der Waals surface area contributed by atoms with E-state index in [0.717, 1.165) is 0 Å². The maximum atomic E-state index is 11.3. The summed E-state index contributed by atoms with van der Waals surface area (Å²) in [4.78, 5) is 0. The molecule has 0 radical (unpaired) electrons. The van der Waals surface area contributed by atoms with Crippen LogP contribution in [0.5, 0.6) is 0 Å². The summed E-state index contributed by atoms with van der Waals surface area (Å²) >= 11 is 0. The molecule has 0 unspecified atom stereocenters. The van der Waals surface area contributed by atoms with Crippen LogP contribution in [0.15, 0.2) is 0 Å². The Balaban J connectivity index is 4.75. The summed E-state index contributed by atoms with van der Waals surface area (Å²) in [6.07, 6.45) is -11.6. The first-order chi connectivity index (χ1) is 4.50. The largest absolute Gasteiger partial charge is 0.452 e. The van der Waals surface area contributed by atoms with Gasteiger partial charge in [-0.1, -0.05) is 0 Å². The Morgan fingerprint density at radius 2 is 1.00 bits per heavy atom. The van der Waals surface area contributed by atoms with Gasteiger partial charge in [0.05, 0.1) is 0 Å². The standard InChI is InChI=1S/C3H3F5O3/c4-2(5,6)1(9,10)3(7,8)11/h9-11H. The van der Waals surface area contributed by atoms with Gasteiger partial charge in [-0.15, -0.1) is 0 Å². The molecule has 0 bridgehead atoms. The third-order valence-corrected chi connectivity index (χ3v) is 0.815. The van der Waals surface area contributed by atoms with Crippen molar-refractivity contribution in [2.75, 3.05) is 0 Å². The lowest BCUT2D eigenvalue weighted by Crippen LogP contribution is -2.58. The molecule has 0 heterocycles. The van der Waals surface area contributed by atoms with Crippen LogP contribution in [0, 0.1) is 0 Å². The lowest BCUT2D eigenvalue weighted by Gasteiger charge is -2.27. The molecule has 8 heteroatoms. The Morgan fingerprint density at radius 3 is 1.00 bits per heavy atom. The summed E-state index contributed by atoms with van der Waals surface area (Å²) in [7, 11) is 0. The highest BCUT2D eigenvalue weighted by Gasteiger charge is 2.68. The molecular weight excluding hydrogens is 179 g/mol. The van der Waals surface area contributed by atoms with Crippen LogP contribution in [0.25, 0.3) is 0 Å². The molecule has 0 aliphatic rings. The predicted molar refractivity (Wildman–Crippen MR) is 20.4 cm³/mol. The van der Waals surface area contributed by atoms with E-state index in [1.807, 2.05) is 0 Å². The second-order valence-electron chi connectivity index (χ2n) is 1.71. The molecule has 0 saturated carbocycles. The summed E-state index contributed by atoms with van der Waals surface area (Å²) in [6.45, 7) is 0. The van der Waals surface area contributed by atoms with Crippen molar-refractivity contribution in [3.05, 3.63) is 0 Å². The van der Waals surface area contributed by atoms with E-state index in [9.17, 15) is 22.0 Å². The fourth-order valence-electron chi connectivity index (χ4n) is 0.171. The third kappa shape index (κ3) is 1.76. The van der Waals surface area contributed by atoms with Gasteiger partial charge < -0.3 is 15.3 Å². The number of alkyl halides is 5. The number of hydrogen-bond donors (Lipinski definition) is 3. The van der Waals surface area contributed by atoms with Crippen molar-refractivity contribution in [2.45, 2.75) is 18.1 Å². The van der Waals surface area contributed by atoms with E-state index in [-0.39, 0.29) is 0 Å². The molecule has 3 N–H and O–H groups in total. The van der Waals surface area contributed by atoms with Crippen molar-refractivity contribution in [1.29, 1.82) is 0 Å². The molecule has 0 aromatic heterocycles. The van der Waals surface area contributed by atoms with Crippen molar-refractivity contribution in [3.63, 3.8) is 0 Å². The first-order valence-electron chi connectivity index (χ1n) is 2.12. The molecule has 3 nitrogen and oxygen atoms in total. The van der Waals surface area contributed by atoms with Crippen LogP contribution in [0.2, 0.25) is 0 Å². The molecule has 0 rings (SSSR count). The van der Waals surface area contributed by atoms with Crippen molar-refractivity contribution >= 4 is 0 Å². The van der Waals surface area contributed by atoms with Crippen molar-refractivity contribution in [2.24, 2.45) is 0 Å². The van der Waals surface area contributed by atoms with Crippen LogP contribution in [-0.4, -0.2) is 33.4 Å². The zero-order valence-corrected chi connectivity index (χ0v) is 4.73. The molecule has 0 atom stereocenters. The van der Waals surface area contributed by atoms with Gasteiger partial charge >= 0.3 is 18.1 Å². The predicted octanol–water partition coefficient (Wildman–Crippen LogP) is -0.185. The molecule has 0 saturated heterocycles. The average Bonchev–Trinajstić information content (AvgIpc) is 1.58. The zero-order chi connectivity index (χ0) is 9.50. The van der Waals surface area contributed by atoms with E-state index in [1.54, 1.807) is 0 Å². The van der Waals surface area contributed by atoms with E-state index in [2.05, 4.69) is 0 Å². The molecular formula is C3H3F5O3. The van der Waals surface area contributed by atoms with E-state index >= 15 is 0 Å². The highest BCUT2D eigenvalue weighted by atomic mass is 19.4.